The maximum atomic E-state index is 11.0. The first-order valence-electron chi connectivity index (χ1n) is 5.48. The van der Waals surface area contributed by atoms with Gasteiger partial charge in [0.25, 0.3) is 0 Å². The number of ether oxygens (including phenoxy) is 2. The van der Waals surface area contributed by atoms with Crippen LogP contribution < -0.4 is 0 Å². The quantitative estimate of drug-likeness (QED) is 0.652. The van der Waals surface area contributed by atoms with Crippen molar-refractivity contribution >= 4 is 6.16 Å². The number of hydrogen-bond acceptors (Lipinski definition) is 3. The van der Waals surface area contributed by atoms with Gasteiger partial charge in [-0.3, -0.25) is 0 Å². The van der Waals surface area contributed by atoms with Crippen molar-refractivity contribution in [3.8, 4) is 0 Å². The number of carbonyl (C=O) groups excluding carboxylic acids is 1. The van der Waals surface area contributed by atoms with E-state index in [0.29, 0.717) is 12.5 Å². The van der Waals surface area contributed by atoms with E-state index in [1.54, 1.807) is 0 Å². The molecule has 3 nitrogen and oxygen atoms in total. The first-order chi connectivity index (χ1) is 6.83. The van der Waals surface area contributed by atoms with Crippen LogP contribution in [0.3, 0.4) is 0 Å². The molecule has 0 amide bonds. The number of rotatable bonds is 4. The van der Waals surface area contributed by atoms with Crippen LogP contribution in [0.15, 0.2) is 0 Å². The standard InChI is InChI=1S/C11H19O3/c1-2-8-13-11(12)14-9-10-6-4-3-5-7-10/h8,10H,2-7,9H2,1H3. The summed E-state index contributed by atoms with van der Waals surface area (Å²) in [5.74, 6) is 0.554. The molecule has 81 valence electrons. The molecule has 1 aliphatic rings. The van der Waals surface area contributed by atoms with Crippen molar-refractivity contribution < 1.29 is 14.3 Å². The smallest absolute Gasteiger partial charge is 0.434 e. The van der Waals surface area contributed by atoms with Crippen LogP contribution in [0.4, 0.5) is 4.79 Å². The lowest BCUT2D eigenvalue weighted by Gasteiger charge is -2.20. The topological polar surface area (TPSA) is 35.5 Å². The van der Waals surface area contributed by atoms with E-state index in [1.165, 1.54) is 38.7 Å². The summed E-state index contributed by atoms with van der Waals surface area (Å²) in [5.41, 5.74) is 0. The van der Waals surface area contributed by atoms with Crippen LogP contribution in [0.2, 0.25) is 0 Å². The Kier molecular flexibility index (Phi) is 5.42. The zero-order valence-electron chi connectivity index (χ0n) is 8.83. The summed E-state index contributed by atoms with van der Waals surface area (Å²) >= 11 is 0. The average Bonchev–Trinajstić information content (AvgIpc) is 2.25. The molecule has 0 aromatic heterocycles. The normalized spacial score (nSPS) is 17.8. The van der Waals surface area contributed by atoms with E-state index in [0.717, 1.165) is 6.42 Å². The molecule has 0 aromatic carbocycles. The van der Waals surface area contributed by atoms with Gasteiger partial charge in [0.2, 0.25) is 0 Å². The molecular formula is C11H19O3. The van der Waals surface area contributed by atoms with Crippen LogP contribution in [0.25, 0.3) is 0 Å². The Morgan fingerprint density at radius 3 is 2.71 bits per heavy atom. The first-order valence-corrected chi connectivity index (χ1v) is 5.48. The van der Waals surface area contributed by atoms with Gasteiger partial charge in [0.15, 0.2) is 0 Å². The maximum absolute atomic E-state index is 11.0. The van der Waals surface area contributed by atoms with Crippen molar-refractivity contribution in [2.75, 3.05) is 6.61 Å². The molecule has 0 heterocycles. The molecular weight excluding hydrogens is 180 g/mol. The lowest BCUT2D eigenvalue weighted by molar-refractivity contribution is 0.0546. The molecule has 1 saturated carbocycles. The van der Waals surface area contributed by atoms with Crippen molar-refractivity contribution in [3.05, 3.63) is 6.61 Å². The van der Waals surface area contributed by atoms with Gasteiger partial charge in [-0.25, -0.2) is 4.79 Å². The van der Waals surface area contributed by atoms with Crippen molar-refractivity contribution in [2.24, 2.45) is 5.92 Å². The molecule has 0 bridgehead atoms. The fourth-order valence-corrected chi connectivity index (χ4v) is 1.73. The Morgan fingerprint density at radius 2 is 2.07 bits per heavy atom. The zero-order valence-corrected chi connectivity index (χ0v) is 8.83. The lowest BCUT2D eigenvalue weighted by Crippen LogP contribution is -2.16. The lowest BCUT2D eigenvalue weighted by atomic mass is 9.90. The number of carbonyl (C=O) groups is 1. The molecule has 3 heteroatoms. The van der Waals surface area contributed by atoms with Gasteiger partial charge in [-0.2, -0.15) is 0 Å². The van der Waals surface area contributed by atoms with E-state index in [4.69, 9.17) is 9.47 Å². The summed E-state index contributed by atoms with van der Waals surface area (Å²) in [4.78, 5) is 11.0. The summed E-state index contributed by atoms with van der Waals surface area (Å²) in [5, 5.41) is 0. The van der Waals surface area contributed by atoms with Crippen LogP contribution in [0, 0.1) is 12.5 Å². The molecule has 0 unspecified atom stereocenters. The third kappa shape index (κ3) is 4.49. The highest BCUT2D eigenvalue weighted by molar-refractivity contribution is 5.60. The molecule has 1 aliphatic carbocycles. The van der Waals surface area contributed by atoms with Gasteiger partial charge in [-0.05, 0) is 25.2 Å². The Balaban J connectivity index is 2.03. The minimum absolute atomic E-state index is 0.524. The molecule has 0 spiro atoms. The van der Waals surface area contributed by atoms with Gasteiger partial charge < -0.3 is 9.47 Å². The second-order valence-electron chi connectivity index (χ2n) is 3.76. The number of hydrogen-bond donors (Lipinski definition) is 0. The highest BCUT2D eigenvalue weighted by atomic mass is 16.7. The summed E-state index contributed by atoms with van der Waals surface area (Å²) in [7, 11) is 0. The van der Waals surface area contributed by atoms with E-state index < -0.39 is 6.16 Å². The largest absolute Gasteiger partial charge is 0.508 e. The monoisotopic (exact) mass is 199 g/mol. The van der Waals surface area contributed by atoms with Crippen molar-refractivity contribution in [2.45, 2.75) is 45.4 Å². The van der Waals surface area contributed by atoms with Gasteiger partial charge in [0.1, 0.15) is 6.61 Å². The molecule has 1 radical (unpaired) electrons. The van der Waals surface area contributed by atoms with Crippen LogP contribution in [0.1, 0.15) is 45.4 Å². The Morgan fingerprint density at radius 1 is 1.36 bits per heavy atom. The second-order valence-corrected chi connectivity index (χ2v) is 3.76. The summed E-state index contributed by atoms with van der Waals surface area (Å²) in [6.07, 6.45) is 6.39. The van der Waals surface area contributed by atoms with E-state index in [9.17, 15) is 4.79 Å². The minimum Gasteiger partial charge on any atom is -0.434 e. The van der Waals surface area contributed by atoms with Crippen molar-refractivity contribution in [1.29, 1.82) is 0 Å². The van der Waals surface area contributed by atoms with Crippen LogP contribution in [0.5, 0.6) is 0 Å². The Hall–Kier alpha value is -0.730. The molecule has 0 aromatic rings. The van der Waals surface area contributed by atoms with Gasteiger partial charge in [0.05, 0.1) is 6.61 Å². The maximum Gasteiger partial charge on any atom is 0.508 e. The Labute approximate surface area is 85.8 Å². The van der Waals surface area contributed by atoms with Gasteiger partial charge in [0, 0.05) is 0 Å². The molecule has 14 heavy (non-hydrogen) atoms. The van der Waals surface area contributed by atoms with Crippen molar-refractivity contribution in [1.82, 2.24) is 0 Å². The van der Waals surface area contributed by atoms with E-state index in [1.807, 2.05) is 6.92 Å². The molecule has 0 aliphatic heterocycles. The fourth-order valence-electron chi connectivity index (χ4n) is 1.73. The third-order valence-corrected chi connectivity index (χ3v) is 2.51. The van der Waals surface area contributed by atoms with Crippen LogP contribution in [-0.2, 0) is 9.47 Å². The third-order valence-electron chi connectivity index (χ3n) is 2.51. The van der Waals surface area contributed by atoms with Crippen LogP contribution >= 0.6 is 0 Å². The predicted octanol–water partition coefficient (Wildman–Crippen LogP) is 3.29. The summed E-state index contributed by atoms with van der Waals surface area (Å²) < 4.78 is 9.69. The zero-order chi connectivity index (χ0) is 10.2. The molecule has 0 atom stereocenters. The fraction of sp³-hybridized carbons (Fsp3) is 0.818. The van der Waals surface area contributed by atoms with Gasteiger partial charge in [-0.15, -0.1) is 0 Å². The second kappa shape index (κ2) is 6.68. The molecule has 0 saturated heterocycles. The van der Waals surface area contributed by atoms with Gasteiger partial charge in [-0.1, -0.05) is 26.2 Å². The highest BCUT2D eigenvalue weighted by Gasteiger charge is 2.15. The van der Waals surface area contributed by atoms with Gasteiger partial charge >= 0.3 is 6.16 Å². The van der Waals surface area contributed by atoms with E-state index in [2.05, 4.69) is 0 Å². The SMILES string of the molecule is CC[CH]OC(=O)OCC1CCCCC1. The van der Waals surface area contributed by atoms with Crippen LogP contribution in [-0.4, -0.2) is 12.8 Å². The molecule has 1 fully saturated rings. The van der Waals surface area contributed by atoms with Crippen molar-refractivity contribution in [3.63, 3.8) is 0 Å². The predicted molar refractivity (Wildman–Crippen MR) is 53.6 cm³/mol. The summed E-state index contributed by atoms with van der Waals surface area (Å²) in [6.45, 7) is 3.90. The molecule has 1 rings (SSSR count). The Bertz CT molecular complexity index is 162. The average molecular weight is 199 g/mol. The minimum atomic E-state index is -0.558. The highest BCUT2D eigenvalue weighted by Crippen LogP contribution is 2.23. The van der Waals surface area contributed by atoms with E-state index in [-0.39, 0.29) is 0 Å². The molecule has 0 N–H and O–H groups in total. The summed E-state index contributed by atoms with van der Waals surface area (Å²) in [6, 6.07) is 0. The first kappa shape index (κ1) is 11.3. The van der Waals surface area contributed by atoms with E-state index >= 15 is 0 Å².